The highest BCUT2D eigenvalue weighted by Gasteiger charge is 2.30. The Morgan fingerprint density at radius 2 is 0.464 bits per heavy atom. The zero-order valence-electron chi connectivity index (χ0n) is 75.4. The van der Waals surface area contributed by atoms with Crippen molar-refractivity contribution in [3.8, 4) is 57.0 Å². The van der Waals surface area contributed by atoms with Gasteiger partial charge in [0.25, 0.3) is 0 Å². The van der Waals surface area contributed by atoms with Crippen molar-refractivity contribution in [2.24, 2.45) is 0 Å². The van der Waals surface area contributed by atoms with E-state index in [-0.39, 0.29) is 0 Å². The first-order valence-electron chi connectivity index (χ1n) is 47.6. The number of hydrogen-bond donors (Lipinski definition) is 0. The van der Waals surface area contributed by atoms with Gasteiger partial charge in [-0.15, -0.1) is 0 Å². The van der Waals surface area contributed by atoms with E-state index in [2.05, 4.69) is 440 Å². The first kappa shape index (κ1) is 78.4. The maximum atomic E-state index is 5.46. The molecule has 0 saturated heterocycles. The Morgan fingerprint density at radius 3 is 0.929 bits per heavy atom. The highest BCUT2D eigenvalue weighted by Crippen LogP contribution is 2.49. The molecule has 0 N–H and O–H groups in total. The van der Waals surface area contributed by atoms with Crippen LogP contribution in [0.4, 0.5) is 0 Å². The maximum absolute atomic E-state index is 5.46. The second kappa shape index (κ2) is 31.3. The first-order chi connectivity index (χ1) is 69.5. The van der Waals surface area contributed by atoms with Gasteiger partial charge in [0.2, 0.25) is 0 Å². The van der Waals surface area contributed by atoms with Crippen LogP contribution in [-0.4, -0.2) is 57.3 Å². The minimum absolute atomic E-state index is 0.806. The Bertz CT molecular complexity index is 10600. The van der Waals surface area contributed by atoms with E-state index in [1.807, 2.05) is 60.8 Å². The number of benzene rings is 22. The third-order valence-corrected chi connectivity index (χ3v) is 28.7. The molecule has 0 amide bonds. The molecule has 0 saturated carbocycles. The van der Waals surface area contributed by atoms with Crippen molar-refractivity contribution < 1.29 is 0 Å². The monoisotopic (exact) mass is 1780 g/mol. The van der Waals surface area contributed by atoms with Gasteiger partial charge < -0.3 is 13.7 Å². The van der Waals surface area contributed by atoms with Crippen LogP contribution < -0.4 is 0 Å². The molecule has 0 aliphatic rings. The van der Waals surface area contributed by atoms with Gasteiger partial charge in [0.05, 0.1) is 105 Å². The lowest BCUT2D eigenvalue weighted by Gasteiger charge is -2.16. The van der Waals surface area contributed by atoms with Crippen LogP contribution in [0.5, 0.6) is 0 Å². The lowest BCUT2D eigenvalue weighted by Crippen LogP contribution is -2.05. The number of hydrogen-bond acceptors (Lipinski definition) is 6. The van der Waals surface area contributed by atoms with E-state index >= 15 is 0 Å². The van der Waals surface area contributed by atoms with Crippen molar-refractivity contribution in [2.45, 2.75) is 0 Å². The van der Waals surface area contributed by atoms with E-state index in [1.54, 1.807) is 0 Å². The number of fused-ring (bicyclic) bond motifs is 32. The van der Waals surface area contributed by atoms with Crippen LogP contribution in [0.2, 0.25) is 0 Å². The third-order valence-electron chi connectivity index (χ3n) is 28.7. The van der Waals surface area contributed by atoms with Crippen LogP contribution in [0.1, 0.15) is 0 Å². The second-order valence-electron chi connectivity index (χ2n) is 36.3. The van der Waals surface area contributed by atoms with Crippen LogP contribution in [0.15, 0.2) is 473 Å². The molecule has 12 nitrogen and oxygen atoms in total. The fourth-order valence-electron chi connectivity index (χ4n) is 22.7. The largest absolute Gasteiger partial charge is 0.307 e. The quantitative estimate of drug-likeness (QED) is 0.140. The van der Waals surface area contributed by atoms with E-state index in [9.17, 15) is 0 Å². The molecule has 9 heterocycles. The number of aromatic nitrogens is 12. The molecule has 650 valence electrons. The molecular weight excluding hydrogens is 1710 g/mol. The van der Waals surface area contributed by atoms with E-state index in [0.717, 1.165) is 145 Å². The standard InChI is InChI=1S/C44H26N4.2C42H26N4/c1-2-13-30-28(11-1)29-12-3-4-14-31(29)37-25-27(21-22-32(30)37)47-40-19-9-5-15-33(40)35-23-24-36-34-16-6-10-20-41(34)48(44(36)43(35)47)42-26-45-38-17-7-8-18-39(38)46-42;1-2-15-28(16-3-1)45-37-23-10-6-18-30(37)33-25-26-34-31-19-7-11-24-38(31)46(41(34)40(33)45)42-39(43-35-21-8-9-22-36(35)44-42)32-20-12-14-27-13-4-5-17-29(27)32;1-2-14-30(15-3-1)45-37-20-10-6-16-31(37)33-24-25-34-32-17-7-11-21-38(32)46(41(34)40(33)45)42-39(43-35-18-8-9-19-36(35)44-42)29-23-22-27-12-4-5-13-28(27)26-29/h1-26H;2*1-26H. The average Bonchev–Trinajstić information content (AvgIpc) is 1.55. The van der Waals surface area contributed by atoms with Crippen LogP contribution in [-0.2, 0) is 0 Å². The Morgan fingerprint density at radius 1 is 0.157 bits per heavy atom. The van der Waals surface area contributed by atoms with Crippen molar-refractivity contribution in [2.75, 3.05) is 0 Å². The lowest BCUT2D eigenvalue weighted by atomic mass is 9.94. The Hall–Kier alpha value is -19.0. The maximum Gasteiger partial charge on any atom is 0.165 e. The molecule has 0 aliphatic carbocycles. The molecule has 0 fully saturated rings. The van der Waals surface area contributed by atoms with Crippen LogP contribution >= 0.6 is 0 Å². The number of rotatable bonds is 8. The molecule has 140 heavy (non-hydrogen) atoms. The van der Waals surface area contributed by atoms with Gasteiger partial charge in [-0.1, -0.05) is 352 Å². The number of nitrogens with zero attached hydrogens (tertiary/aromatic N) is 12. The summed E-state index contributed by atoms with van der Waals surface area (Å²) in [7, 11) is 0. The van der Waals surface area contributed by atoms with Gasteiger partial charge in [-0.2, -0.15) is 0 Å². The zero-order valence-corrected chi connectivity index (χ0v) is 75.4. The minimum atomic E-state index is 0.806. The summed E-state index contributed by atoms with van der Waals surface area (Å²) < 4.78 is 14.3. The molecule has 31 rings (SSSR count). The Kier molecular flexibility index (Phi) is 17.5. The zero-order chi connectivity index (χ0) is 91.7. The average molecular weight is 1780 g/mol. The molecule has 9 aromatic heterocycles. The molecule has 0 spiro atoms. The minimum Gasteiger partial charge on any atom is -0.307 e. The van der Waals surface area contributed by atoms with Gasteiger partial charge in [-0.05, 0) is 169 Å². The summed E-state index contributed by atoms with van der Waals surface area (Å²) >= 11 is 0. The van der Waals surface area contributed by atoms with Crippen molar-refractivity contribution in [3.63, 3.8) is 0 Å². The van der Waals surface area contributed by atoms with Crippen molar-refractivity contribution >= 4 is 218 Å². The van der Waals surface area contributed by atoms with Gasteiger partial charge in [0, 0.05) is 92.8 Å². The SMILES string of the molecule is c1ccc(-n2c3ccccc3c3ccc4c5ccccc5n(-c5nc6ccccc6nc5-c5ccc6ccccc6c5)c4c32)cc1.c1ccc(-n2c3ccccc3c3ccc4c5ccccc5n(-c5nc6ccccc6nc5-c5cccc6ccccc56)c4c32)cc1.c1ccc2nc(-n3c4ccccc4c4ccc5c6ccccc6n(-c6ccc7c8ccccc8c8ccccc8c7c6)c5c43)cnc2c1. The predicted octanol–water partition coefficient (Wildman–Crippen LogP) is 32.6. The van der Waals surface area contributed by atoms with E-state index < -0.39 is 0 Å². The molecule has 0 atom stereocenters. The van der Waals surface area contributed by atoms with Crippen molar-refractivity contribution in [3.05, 3.63) is 473 Å². The first-order valence-corrected chi connectivity index (χ1v) is 47.6. The summed E-state index contributed by atoms with van der Waals surface area (Å²) in [5.41, 5.74) is 26.1. The smallest absolute Gasteiger partial charge is 0.165 e. The van der Waals surface area contributed by atoms with Crippen molar-refractivity contribution in [1.82, 2.24) is 57.3 Å². The topological polar surface area (TPSA) is 107 Å². The highest BCUT2D eigenvalue weighted by atomic mass is 15.1. The normalized spacial score (nSPS) is 12.0. The van der Waals surface area contributed by atoms with Crippen LogP contribution in [0.25, 0.3) is 275 Å². The van der Waals surface area contributed by atoms with E-state index in [4.69, 9.17) is 29.9 Å². The molecule has 0 bridgehead atoms. The molecular formula is C128H78N12. The molecule has 22 aromatic carbocycles. The Balaban J connectivity index is 0.000000101. The summed E-state index contributed by atoms with van der Waals surface area (Å²) in [6.07, 6.45) is 1.91. The Labute approximate surface area is 799 Å². The van der Waals surface area contributed by atoms with Gasteiger partial charge in [-0.3, -0.25) is 18.7 Å². The summed E-state index contributed by atoms with van der Waals surface area (Å²) in [6.45, 7) is 0. The number of para-hydroxylation sites is 14. The predicted molar refractivity (Wildman–Crippen MR) is 583 cm³/mol. The molecule has 0 unspecified atom stereocenters. The fraction of sp³-hybridized carbons (Fsp3) is 0. The third kappa shape index (κ3) is 12.0. The van der Waals surface area contributed by atoms with E-state index in [1.165, 1.54) is 130 Å². The molecule has 0 aliphatic heterocycles. The van der Waals surface area contributed by atoms with Crippen LogP contribution in [0.3, 0.4) is 0 Å². The second-order valence-corrected chi connectivity index (χ2v) is 36.3. The van der Waals surface area contributed by atoms with Gasteiger partial charge in [0.15, 0.2) is 17.5 Å². The van der Waals surface area contributed by atoms with Crippen molar-refractivity contribution in [1.29, 1.82) is 0 Å². The molecule has 12 heteroatoms. The summed E-state index contributed by atoms with van der Waals surface area (Å²) in [6, 6.07) is 166. The molecule has 31 aromatic rings. The summed E-state index contributed by atoms with van der Waals surface area (Å²) in [5, 5.41) is 26.7. The van der Waals surface area contributed by atoms with Gasteiger partial charge >= 0.3 is 0 Å². The van der Waals surface area contributed by atoms with Gasteiger partial charge in [-0.25, -0.2) is 24.9 Å². The van der Waals surface area contributed by atoms with E-state index in [0.29, 0.717) is 0 Å². The van der Waals surface area contributed by atoms with Crippen LogP contribution in [0, 0.1) is 0 Å². The summed E-state index contributed by atoms with van der Waals surface area (Å²) in [5.74, 6) is 2.44. The highest BCUT2D eigenvalue weighted by molar-refractivity contribution is 6.30. The van der Waals surface area contributed by atoms with Gasteiger partial charge in [0.1, 0.15) is 11.4 Å². The lowest BCUT2D eigenvalue weighted by molar-refractivity contribution is 1.07. The summed E-state index contributed by atoms with van der Waals surface area (Å²) in [4.78, 5) is 31.6. The fourth-order valence-corrected chi connectivity index (χ4v) is 22.7. The molecule has 0 radical (unpaired) electrons.